The van der Waals surface area contributed by atoms with Gasteiger partial charge in [0.25, 0.3) is 0 Å². The Balaban J connectivity index is 2.30. The molecule has 3 nitrogen and oxygen atoms in total. The number of aromatic nitrogens is 2. The Labute approximate surface area is 87.7 Å². The summed E-state index contributed by atoms with van der Waals surface area (Å²) in [6.07, 6.45) is 5.22. The molecule has 0 aromatic carbocycles. The maximum absolute atomic E-state index is 10.7. The van der Waals surface area contributed by atoms with Gasteiger partial charge >= 0.3 is 0 Å². The third kappa shape index (κ3) is 1.27. The first-order valence-electron chi connectivity index (χ1n) is 5.23. The molecule has 76 valence electrons. The third-order valence-corrected chi connectivity index (χ3v) is 2.95. The molecule has 0 bridgehead atoms. The van der Waals surface area contributed by atoms with Crippen LogP contribution in [0.5, 0.6) is 0 Å². The van der Waals surface area contributed by atoms with Gasteiger partial charge in [-0.05, 0) is 31.9 Å². The van der Waals surface area contributed by atoms with E-state index in [1.807, 2.05) is 25.3 Å². The lowest BCUT2D eigenvalue weighted by Crippen LogP contribution is -1.93. The van der Waals surface area contributed by atoms with Gasteiger partial charge in [-0.1, -0.05) is 0 Å². The van der Waals surface area contributed by atoms with E-state index in [0.29, 0.717) is 11.5 Å². The molecule has 0 N–H and O–H groups in total. The quantitative estimate of drug-likeness (QED) is 0.697. The van der Waals surface area contributed by atoms with Crippen LogP contribution in [0, 0.1) is 6.92 Å². The highest BCUT2D eigenvalue weighted by molar-refractivity contribution is 5.75. The van der Waals surface area contributed by atoms with Gasteiger partial charge in [0, 0.05) is 17.7 Å². The monoisotopic (exact) mass is 200 g/mol. The molecule has 3 rings (SSSR count). The Hall–Kier alpha value is -1.64. The number of carbonyl (C=O) groups is 1. The van der Waals surface area contributed by atoms with Crippen molar-refractivity contribution in [3.63, 3.8) is 0 Å². The highest BCUT2D eigenvalue weighted by Crippen LogP contribution is 2.39. The summed E-state index contributed by atoms with van der Waals surface area (Å²) in [5.41, 5.74) is 2.87. The van der Waals surface area contributed by atoms with Crippen molar-refractivity contribution in [1.82, 2.24) is 9.38 Å². The SMILES string of the molecule is Cc1nc(C2CC2)n2cc(C=O)ccc12. The first-order valence-corrected chi connectivity index (χ1v) is 5.23. The summed E-state index contributed by atoms with van der Waals surface area (Å²) in [6, 6.07) is 3.81. The van der Waals surface area contributed by atoms with Crippen LogP contribution in [-0.4, -0.2) is 15.7 Å². The molecular weight excluding hydrogens is 188 g/mol. The number of hydrogen-bond acceptors (Lipinski definition) is 2. The lowest BCUT2D eigenvalue weighted by Gasteiger charge is -1.99. The van der Waals surface area contributed by atoms with Gasteiger partial charge in [-0.25, -0.2) is 4.98 Å². The normalized spacial score (nSPS) is 15.8. The average molecular weight is 200 g/mol. The highest BCUT2D eigenvalue weighted by atomic mass is 16.1. The molecule has 2 aromatic rings. The van der Waals surface area contributed by atoms with Crippen LogP contribution in [0.25, 0.3) is 5.52 Å². The predicted molar refractivity (Wildman–Crippen MR) is 57.3 cm³/mol. The van der Waals surface area contributed by atoms with Crippen molar-refractivity contribution in [3.8, 4) is 0 Å². The Kier molecular flexibility index (Phi) is 1.69. The predicted octanol–water partition coefficient (Wildman–Crippen LogP) is 2.33. The fourth-order valence-corrected chi connectivity index (χ4v) is 1.98. The Morgan fingerprint density at radius 3 is 2.93 bits per heavy atom. The van der Waals surface area contributed by atoms with E-state index in [-0.39, 0.29) is 0 Å². The first-order chi connectivity index (χ1) is 7.29. The number of nitrogens with zero attached hydrogens (tertiary/aromatic N) is 2. The molecule has 0 aliphatic heterocycles. The van der Waals surface area contributed by atoms with Gasteiger partial charge in [-0.2, -0.15) is 0 Å². The number of hydrogen-bond donors (Lipinski definition) is 0. The summed E-state index contributed by atoms with van der Waals surface area (Å²) in [7, 11) is 0. The number of fused-ring (bicyclic) bond motifs is 1. The topological polar surface area (TPSA) is 34.4 Å². The van der Waals surface area contributed by atoms with Gasteiger partial charge in [0.05, 0.1) is 11.2 Å². The van der Waals surface area contributed by atoms with E-state index in [0.717, 1.165) is 23.3 Å². The molecule has 0 saturated heterocycles. The van der Waals surface area contributed by atoms with Crippen LogP contribution in [0.3, 0.4) is 0 Å². The van der Waals surface area contributed by atoms with Crippen LogP contribution >= 0.6 is 0 Å². The maximum Gasteiger partial charge on any atom is 0.151 e. The van der Waals surface area contributed by atoms with Crippen molar-refractivity contribution in [3.05, 3.63) is 35.4 Å². The number of carbonyl (C=O) groups excluding carboxylic acids is 1. The van der Waals surface area contributed by atoms with Gasteiger partial charge in [-0.3, -0.25) is 4.79 Å². The molecule has 2 heterocycles. The van der Waals surface area contributed by atoms with E-state index < -0.39 is 0 Å². The molecular formula is C12H12N2O. The van der Waals surface area contributed by atoms with Crippen LogP contribution in [0.2, 0.25) is 0 Å². The molecule has 0 unspecified atom stereocenters. The smallest absolute Gasteiger partial charge is 0.151 e. The van der Waals surface area contributed by atoms with Gasteiger partial charge in [0.2, 0.25) is 0 Å². The van der Waals surface area contributed by atoms with Gasteiger partial charge < -0.3 is 4.40 Å². The van der Waals surface area contributed by atoms with Gasteiger partial charge in [0.1, 0.15) is 5.82 Å². The fourth-order valence-electron chi connectivity index (χ4n) is 1.98. The number of imidazole rings is 1. The average Bonchev–Trinajstić information content (AvgIpc) is 3.04. The molecule has 1 fully saturated rings. The third-order valence-electron chi connectivity index (χ3n) is 2.95. The minimum atomic E-state index is 0.605. The zero-order valence-corrected chi connectivity index (χ0v) is 8.60. The Morgan fingerprint density at radius 2 is 2.27 bits per heavy atom. The van der Waals surface area contributed by atoms with Crippen LogP contribution < -0.4 is 0 Å². The second-order valence-corrected chi connectivity index (χ2v) is 4.17. The van der Waals surface area contributed by atoms with E-state index in [9.17, 15) is 4.79 Å². The number of aryl methyl sites for hydroxylation is 1. The summed E-state index contributed by atoms with van der Waals surface area (Å²) in [5, 5.41) is 0. The molecule has 3 heteroatoms. The molecule has 0 radical (unpaired) electrons. The second-order valence-electron chi connectivity index (χ2n) is 4.17. The van der Waals surface area contributed by atoms with Crippen molar-refractivity contribution in [2.45, 2.75) is 25.7 Å². The van der Waals surface area contributed by atoms with Gasteiger partial charge in [-0.15, -0.1) is 0 Å². The van der Waals surface area contributed by atoms with Crippen molar-refractivity contribution in [2.75, 3.05) is 0 Å². The van der Waals surface area contributed by atoms with E-state index >= 15 is 0 Å². The Bertz CT molecular complexity index is 538. The minimum Gasteiger partial charge on any atom is -0.303 e. The summed E-state index contributed by atoms with van der Waals surface area (Å²) < 4.78 is 2.07. The van der Waals surface area contributed by atoms with Crippen molar-refractivity contribution >= 4 is 11.8 Å². The van der Waals surface area contributed by atoms with Gasteiger partial charge in [0.15, 0.2) is 6.29 Å². The zero-order valence-electron chi connectivity index (χ0n) is 8.60. The van der Waals surface area contributed by atoms with Crippen molar-refractivity contribution in [1.29, 1.82) is 0 Å². The highest BCUT2D eigenvalue weighted by Gasteiger charge is 2.28. The summed E-state index contributed by atoms with van der Waals surface area (Å²) in [6.45, 7) is 2.02. The largest absolute Gasteiger partial charge is 0.303 e. The summed E-state index contributed by atoms with van der Waals surface area (Å²) in [5.74, 6) is 1.72. The molecule has 1 aliphatic carbocycles. The number of pyridine rings is 1. The molecule has 1 aliphatic rings. The molecule has 0 atom stereocenters. The van der Waals surface area contributed by atoms with E-state index in [1.54, 1.807) is 0 Å². The summed E-state index contributed by atoms with van der Waals surface area (Å²) >= 11 is 0. The number of aldehydes is 1. The van der Waals surface area contributed by atoms with E-state index in [1.165, 1.54) is 12.8 Å². The Morgan fingerprint density at radius 1 is 1.47 bits per heavy atom. The maximum atomic E-state index is 10.7. The summed E-state index contributed by atoms with van der Waals surface area (Å²) in [4.78, 5) is 15.3. The van der Waals surface area contributed by atoms with Crippen LogP contribution in [-0.2, 0) is 0 Å². The zero-order chi connectivity index (χ0) is 10.4. The van der Waals surface area contributed by atoms with Crippen LogP contribution in [0.4, 0.5) is 0 Å². The molecule has 2 aromatic heterocycles. The second kappa shape index (κ2) is 2.92. The number of rotatable bonds is 2. The molecule has 1 saturated carbocycles. The van der Waals surface area contributed by atoms with E-state index in [4.69, 9.17) is 0 Å². The lowest BCUT2D eigenvalue weighted by molar-refractivity contribution is 0.112. The molecule has 15 heavy (non-hydrogen) atoms. The van der Waals surface area contributed by atoms with Crippen molar-refractivity contribution in [2.24, 2.45) is 0 Å². The molecule has 0 amide bonds. The minimum absolute atomic E-state index is 0.605. The van der Waals surface area contributed by atoms with Crippen LogP contribution in [0.1, 0.15) is 40.6 Å². The van der Waals surface area contributed by atoms with Crippen molar-refractivity contribution < 1.29 is 4.79 Å². The van der Waals surface area contributed by atoms with E-state index in [2.05, 4.69) is 9.38 Å². The lowest BCUT2D eigenvalue weighted by atomic mass is 10.2. The first kappa shape index (κ1) is 8.65. The van der Waals surface area contributed by atoms with Crippen LogP contribution in [0.15, 0.2) is 18.3 Å². The fraction of sp³-hybridized carbons (Fsp3) is 0.333. The molecule has 0 spiro atoms. The standard InChI is InChI=1S/C12H12N2O/c1-8-11-5-2-9(7-15)6-14(11)12(13-8)10-3-4-10/h2,5-7,10H,3-4H2,1H3.